The Bertz CT molecular complexity index is 936. The molecule has 0 aliphatic heterocycles. The van der Waals surface area contributed by atoms with Crippen molar-refractivity contribution in [3.63, 3.8) is 0 Å². The number of carbonyl (C=O) groups is 2. The van der Waals surface area contributed by atoms with Crippen LogP contribution in [0.4, 0.5) is 0 Å². The van der Waals surface area contributed by atoms with Crippen LogP contribution in [0.25, 0.3) is 0 Å². The van der Waals surface area contributed by atoms with Gasteiger partial charge in [-0.25, -0.2) is 18.0 Å². The molecule has 0 saturated carbocycles. The first-order valence-corrected chi connectivity index (χ1v) is 17.7. The minimum atomic E-state index is -4.79. The molecule has 0 bridgehead atoms. The van der Waals surface area contributed by atoms with Crippen molar-refractivity contribution in [2.45, 2.75) is 154 Å². The van der Waals surface area contributed by atoms with Gasteiger partial charge < -0.3 is 14.0 Å². The van der Waals surface area contributed by atoms with Crippen molar-refractivity contribution < 1.29 is 83.4 Å². The van der Waals surface area contributed by atoms with Crippen LogP contribution in [0.5, 0.6) is 0 Å². The molecule has 1 rings (SSSR count). The summed E-state index contributed by atoms with van der Waals surface area (Å²) < 4.78 is 43.0. The van der Waals surface area contributed by atoms with Crippen LogP contribution < -0.4 is 51.4 Å². The van der Waals surface area contributed by atoms with Gasteiger partial charge in [0.25, 0.3) is 0 Å². The Kier molecular flexibility index (Phi) is 26.9. The summed E-state index contributed by atoms with van der Waals surface area (Å²) in [5, 5.41) is 0. The molecule has 1 unspecified atom stereocenters. The maximum absolute atomic E-state index is 12.5. The number of benzene rings is 1. The number of esters is 2. The molecule has 0 heterocycles. The molecule has 0 spiro atoms. The number of hydrogen-bond acceptors (Lipinski definition) is 7. The molecule has 9 heteroatoms. The molecule has 42 heavy (non-hydrogen) atoms. The molecule has 1 atom stereocenters. The zero-order valence-corrected chi connectivity index (χ0v) is 30.6. The number of carbonyl (C=O) groups excluding carboxylic acids is 2. The average Bonchev–Trinajstić information content (AvgIpc) is 2.95. The molecule has 1 aromatic carbocycles. The van der Waals surface area contributed by atoms with Crippen LogP contribution in [0.3, 0.4) is 0 Å². The van der Waals surface area contributed by atoms with Crippen molar-refractivity contribution in [2.24, 2.45) is 0 Å². The Hall–Kier alpha value is -0.294. The van der Waals surface area contributed by atoms with E-state index in [4.69, 9.17) is 9.47 Å². The molecule has 0 aliphatic carbocycles. The maximum Gasteiger partial charge on any atom is 1.00 e. The summed E-state index contributed by atoms with van der Waals surface area (Å²) in [7, 11) is -4.79. The fraction of sp³-hybridized carbons (Fsp3) is 0.758. The van der Waals surface area contributed by atoms with E-state index in [0.717, 1.165) is 26.2 Å². The quantitative estimate of drug-likeness (QED) is 0.0524. The van der Waals surface area contributed by atoms with E-state index in [0.29, 0.717) is 0 Å². The monoisotopic (exact) mass is 634 g/mol. The molecule has 1 aromatic rings. The number of ether oxygens (including phenoxy) is 2. The summed E-state index contributed by atoms with van der Waals surface area (Å²) >= 11 is 0. The third kappa shape index (κ3) is 21.4. The zero-order valence-electron chi connectivity index (χ0n) is 26.7. The van der Waals surface area contributed by atoms with Crippen molar-refractivity contribution in [1.82, 2.24) is 0 Å². The second-order valence-corrected chi connectivity index (χ2v) is 12.9. The summed E-state index contributed by atoms with van der Waals surface area (Å²) in [6, 6.07) is 5.83. The van der Waals surface area contributed by atoms with Crippen molar-refractivity contribution >= 4 is 22.1 Å². The third-order valence-electron chi connectivity index (χ3n) is 7.53. The van der Waals surface area contributed by atoms with Crippen LogP contribution in [0.1, 0.15) is 169 Å². The van der Waals surface area contributed by atoms with E-state index in [9.17, 15) is 22.6 Å². The van der Waals surface area contributed by atoms with Gasteiger partial charge in [0.1, 0.15) is 10.1 Å². The van der Waals surface area contributed by atoms with Crippen LogP contribution in [-0.4, -0.2) is 37.0 Å². The molecule has 0 amide bonds. The fourth-order valence-corrected chi connectivity index (χ4v) is 5.09. The molecule has 0 aromatic heterocycles. The van der Waals surface area contributed by atoms with E-state index >= 15 is 0 Å². The summed E-state index contributed by atoms with van der Waals surface area (Å²) in [6.07, 6.45) is 27.4. The Balaban J connectivity index is 0.0000168. The van der Waals surface area contributed by atoms with E-state index in [2.05, 4.69) is 6.92 Å². The molecule has 0 radical (unpaired) electrons. The topological polar surface area (TPSA) is 110 Å². The van der Waals surface area contributed by atoms with Crippen molar-refractivity contribution in [3.05, 3.63) is 35.4 Å². The average molecular weight is 635 g/mol. The van der Waals surface area contributed by atoms with Crippen molar-refractivity contribution in [1.29, 1.82) is 0 Å². The fourth-order valence-electron chi connectivity index (χ4n) is 4.89. The first-order valence-electron chi connectivity index (χ1n) is 16.2. The molecule has 0 N–H and O–H groups in total. The molecule has 0 aliphatic rings. The summed E-state index contributed by atoms with van der Waals surface area (Å²) in [4.78, 5) is 24.7. The first kappa shape index (κ1) is 41.7. The molecule has 236 valence electrons. The Morgan fingerprint density at radius 2 is 0.976 bits per heavy atom. The predicted molar refractivity (Wildman–Crippen MR) is 164 cm³/mol. The maximum atomic E-state index is 12.5. The summed E-state index contributed by atoms with van der Waals surface area (Å²) in [5.74, 6) is -1.73. The van der Waals surface area contributed by atoms with E-state index in [1.807, 2.05) is 0 Å². The number of unbranched alkanes of at least 4 members (excludes halogenated alkanes) is 20. The standard InChI is InChI=1S/C33H56O7S.K/c1-3-4-5-6-7-8-9-10-11-12-13-14-15-16-17-18-19-20-21-22-25-28-39-32(34)30-26-23-24-27-31(30)33(35)40-29(2)41(36,37)38;/h23-24,26-27,29H,3-22,25,28H2,1-2H3,(H,36,37,38);/q;+1/p-1. The van der Waals surface area contributed by atoms with Crippen molar-refractivity contribution in [3.8, 4) is 0 Å². The molecule has 0 saturated heterocycles. The normalized spacial score (nSPS) is 12.0. The van der Waals surface area contributed by atoms with Gasteiger partial charge in [-0.05, 0) is 25.5 Å². The van der Waals surface area contributed by atoms with E-state index in [1.165, 1.54) is 134 Å². The zero-order chi connectivity index (χ0) is 30.2. The van der Waals surface area contributed by atoms with Gasteiger partial charge in [-0.3, -0.25) is 0 Å². The third-order valence-corrected chi connectivity index (χ3v) is 8.44. The van der Waals surface area contributed by atoms with Gasteiger partial charge in [0.15, 0.2) is 5.44 Å². The van der Waals surface area contributed by atoms with Crippen LogP contribution in [0, 0.1) is 0 Å². The predicted octanol–water partition coefficient (Wildman–Crippen LogP) is 6.11. The largest absolute Gasteiger partial charge is 1.00 e. The Labute approximate surface area is 298 Å². The second-order valence-electron chi connectivity index (χ2n) is 11.2. The van der Waals surface area contributed by atoms with Gasteiger partial charge in [0.05, 0.1) is 17.7 Å². The molecule has 0 fully saturated rings. The van der Waals surface area contributed by atoms with Gasteiger partial charge in [-0.15, -0.1) is 0 Å². The minimum Gasteiger partial charge on any atom is -0.745 e. The number of rotatable bonds is 26. The molecular formula is C33H55KO7S. The Morgan fingerprint density at radius 1 is 0.643 bits per heavy atom. The molecule has 7 nitrogen and oxygen atoms in total. The van der Waals surface area contributed by atoms with Crippen LogP contribution in [0.15, 0.2) is 24.3 Å². The van der Waals surface area contributed by atoms with E-state index in [-0.39, 0.29) is 69.1 Å². The number of hydrogen-bond donors (Lipinski definition) is 0. The van der Waals surface area contributed by atoms with E-state index < -0.39 is 27.5 Å². The van der Waals surface area contributed by atoms with E-state index in [1.54, 1.807) is 6.07 Å². The van der Waals surface area contributed by atoms with Crippen molar-refractivity contribution in [2.75, 3.05) is 6.61 Å². The summed E-state index contributed by atoms with van der Waals surface area (Å²) in [6.45, 7) is 3.49. The van der Waals surface area contributed by atoms with Gasteiger partial charge in [0, 0.05) is 0 Å². The SMILES string of the molecule is CCCCCCCCCCCCCCCCCCCCCCCOC(=O)c1ccccc1C(=O)OC(C)S(=O)(=O)[O-].[K+]. The minimum absolute atomic E-state index is 0. The van der Waals surface area contributed by atoms with Crippen LogP contribution >= 0.6 is 0 Å². The molecular weight excluding hydrogens is 580 g/mol. The first-order chi connectivity index (χ1) is 19.8. The van der Waals surface area contributed by atoms with Gasteiger partial charge >= 0.3 is 63.3 Å². The van der Waals surface area contributed by atoms with Gasteiger partial charge in [-0.2, -0.15) is 0 Å². The van der Waals surface area contributed by atoms with Gasteiger partial charge in [-0.1, -0.05) is 147 Å². The smallest absolute Gasteiger partial charge is 0.745 e. The Morgan fingerprint density at radius 3 is 1.33 bits per heavy atom. The van der Waals surface area contributed by atoms with Gasteiger partial charge in [0.2, 0.25) is 0 Å². The van der Waals surface area contributed by atoms with Crippen LogP contribution in [-0.2, 0) is 19.6 Å². The van der Waals surface area contributed by atoms with Crippen LogP contribution in [0.2, 0.25) is 0 Å². The second kappa shape index (κ2) is 27.1. The summed E-state index contributed by atoms with van der Waals surface area (Å²) in [5.41, 5.74) is -2.00.